The van der Waals surface area contributed by atoms with Crippen LogP contribution in [0.5, 0.6) is 5.75 Å². The number of rotatable bonds is 5. The SMILES string of the molecule is COCC(C)NC(=O)c1cc(OC)ccc1N. The summed E-state index contributed by atoms with van der Waals surface area (Å²) < 4.78 is 10.00. The minimum Gasteiger partial charge on any atom is -0.497 e. The second-order valence-electron chi connectivity index (χ2n) is 3.78. The molecule has 0 aliphatic rings. The van der Waals surface area contributed by atoms with Gasteiger partial charge in [0.05, 0.1) is 19.3 Å². The van der Waals surface area contributed by atoms with Crippen LogP contribution in [0.2, 0.25) is 0 Å². The fourth-order valence-corrected chi connectivity index (χ4v) is 1.45. The maximum atomic E-state index is 11.9. The molecule has 0 saturated heterocycles. The van der Waals surface area contributed by atoms with Gasteiger partial charge in [-0.25, -0.2) is 0 Å². The van der Waals surface area contributed by atoms with Crippen LogP contribution in [0.25, 0.3) is 0 Å². The lowest BCUT2D eigenvalue weighted by molar-refractivity contribution is 0.0906. The third kappa shape index (κ3) is 3.64. The van der Waals surface area contributed by atoms with Gasteiger partial charge in [0, 0.05) is 18.8 Å². The molecule has 0 heterocycles. The Bertz CT molecular complexity index is 393. The van der Waals surface area contributed by atoms with Gasteiger partial charge in [-0.1, -0.05) is 0 Å². The monoisotopic (exact) mass is 238 g/mol. The van der Waals surface area contributed by atoms with Gasteiger partial charge in [-0.2, -0.15) is 0 Å². The molecule has 1 rings (SSSR count). The second-order valence-corrected chi connectivity index (χ2v) is 3.78. The van der Waals surface area contributed by atoms with Crippen molar-refractivity contribution >= 4 is 11.6 Å². The standard InChI is InChI=1S/C12H18N2O3/c1-8(7-16-2)14-12(15)10-6-9(17-3)4-5-11(10)13/h4-6,8H,7,13H2,1-3H3,(H,14,15). The summed E-state index contributed by atoms with van der Waals surface area (Å²) in [6.45, 7) is 2.31. The van der Waals surface area contributed by atoms with Gasteiger partial charge >= 0.3 is 0 Å². The van der Waals surface area contributed by atoms with Gasteiger partial charge in [0.25, 0.3) is 5.91 Å². The highest BCUT2D eigenvalue weighted by atomic mass is 16.5. The van der Waals surface area contributed by atoms with E-state index >= 15 is 0 Å². The van der Waals surface area contributed by atoms with Crippen molar-refractivity contribution in [2.24, 2.45) is 0 Å². The molecule has 0 saturated carbocycles. The normalized spacial score (nSPS) is 11.9. The van der Waals surface area contributed by atoms with Crippen LogP contribution < -0.4 is 15.8 Å². The lowest BCUT2D eigenvalue weighted by atomic mass is 10.1. The molecule has 0 aliphatic carbocycles. The summed E-state index contributed by atoms with van der Waals surface area (Å²) in [4.78, 5) is 11.9. The smallest absolute Gasteiger partial charge is 0.253 e. The summed E-state index contributed by atoms with van der Waals surface area (Å²) in [6, 6.07) is 4.90. The van der Waals surface area contributed by atoms with Crippen LogP contribution in [0.15, 0.2) is 18.2 Å². The fourth-order valence-electron chi connectivity index (χ4n) is 1.45. The molecule has 1 aromatic rings. The van der Waals surface area contributed by atoms with E-state index in [0.29, 0.717) is 23.6 Å². The first-order valence-corrected chi connectivity index (χ1v) is 5.31. The summed E-state index contributed by atoms with van der Waals surface area (Å²) in [5.74, 6) is 0.370. The maximum Gasteiger partial charge on any atom is 0.253 e. The van der Waals surface area contributed by atoms with Crippen LogP contribution in [-0.4, -0.2) is 32.8 Å². The van der Waals surface area contributed by atoms with Crippen LogP contribution in [0.3, 0.4) is 0 Å². The maximum absolute atomic E-state index is 11.9. The summed E-state index contributed by atoms with van der Waals surface area (Å²) >= 11 is 0. The predicted molar refractivity (Wildman–Crippen MR) is 66.2 cm³/mol. The van der Waals surface area contributed by atoms with Crippen molar-refractivity contribution < 1.29 is 14.3 Å². The highest BCUT2D eigenvalue weighted by molar-refractivity contribution is 5.99. The van der Waals surface area contributed by atoms with E-state index < -0.39 is 0 Å². The van der Waals surface area contributed by atoms with Crippen molar-refractivity contribution in [3.8, 4) is 5.75 Å². The Hall–Kier alpha value is -1.75. The summed E-state index contributed by atoms with van der Waals surface area (Å²) in [5, 5.41) is 2.79. The molecular weight excluding hydrogens is 220 g/mol. The molecule has 1 amide bonds. The number of nitrogens with two attached hydrogens (primary N) is 1. The van der Waals surface area contributed by atoms with E-state index in [-0.39, 0.29) is 11.9 Å². The van der Waals surface area contributed by atoms with Gasteiger partial charge in [-0.15, -0.1) is 0 Å². The van der Waals surface area contributed by atoms with E-state index in [0.717, 1.165) is 0 Å². The zero-order chi connectivity index (χ0) is 12.8. The zero-order valence-corrected chi connectivity index (χ0v) is 10.3. The Morgan fingerprint density at radius 2 is 2.18 bits per heavy atom. The molecule has 0 radical (unpaired) electrons. The molecule has 0 fully saturated rings. The average molecular weight is 238 g/mol. The molecule has 1 unspecified atom stereocenters. The molecule has 0 bridgehead atoms. The third-order valence-electron chi connectivity index (χ3n) is 2.30. The minimum atomic E-state index is -0.231. The Labute approximate surface area is 101 Å². The van der Waals surface area contributed by atoms with Gasteiger partial charge in [-0.3, -0.25) is 4.79 Å². The van der Waals surface area contributed by atoms with E-state index in [2.05, 4.69) is 5.32 Å². The van der Waals surface area contributed by atoms with Gasteiger partial charge in [0.1, 0.15) is 5.75 Å². The second kappa shape index (κ2) is 6.10. The Morgan fingerprint density at radius 1 is 1.47 bits per heavy atom. The van der Waals surface area contributed by atoms with Crippen molar-refractivity contribution in [3.05, 3.63) is 23.8 Å². The lowest BCUT2D eigenvalue weighted by Gasteiger charge is -2.14. The average Bonchev–Trinajstić information content (AvgIpc) is 2.29. The number of benzene rings is 1. The number of carbonyl (C=O) groups excluding carboxylic acids is 1. The van der Waals surface area contributed by atoms with Crippen LogP contribution in [-0.2, 0) is 4.74 Å². The van der Waals surface area contributed by atoms with Gasteiger partial charge in [0.15, 0.2) is 0 Å². The highest BCUT2D eigenvalue weighted by Gasteiger charge is 2.13. The molecule has 1 aromatic carbocycles. The van der Waals surface area contributed by atoms with E-state index in [9.17, 15) is 4.79 Å². The quantitative estimate of drug-likeness (QED) is 0.752. The minimum absolute atomic E-state index is 0.0712. The predicted octanol–water partition coefficient (Wildman–Crippen LogP) is 1.04. The topological polar surface area (TPSA) is 73.6 Å². The number of nitrogen functional groups attached to an aromatic ring is 1. The Balaban J connectivity index is 2.80. The van der Waals surface area contributed by atoms with Crippen LogP contribution in [0, 0.1) is 0 Å². The van der Waals surface area contributed by atoms with Gasteiger partial charge < -0.3 is 20.5 Å². The zero-order valence-electron chi connectivity index (χ0n) is 10.3. The molecule has 1 atom stereocenters. The lowest BCUT2D eigenvalue weighted by Crippen LogP contribution is -2.35. The van der Waals surface area contributed by atoms with E-state index in [1.165, 1.54) is 0 Å². The molecular formula is C12H18N2O3. The number of methoxy groups -OCH3 is 2. The number of nitrogens with one attached hydrogen (secondary N) is 1. The third-order valence-corrected chi connectivity index (χ3v) is 2.30. The molecule has 3 N–H and O–H groups in total. The number of hydrogen-bond donors (Lipinski definition) is 2. The molecule has 0 spiro atoms. The van der Waals surface area contributed by atoms with Crippen molar-refractivity contribution in [1.82, 2.24) is 5.32 Å². The summed E-state index contributed by atoms with van der Waals surface area (Å²) in [5.41, 5.74) is 6.58. The van der Waals surface area contributed by atoms with Crippen LogP contribution >= 0.6 is 0 Å². The van der Waals surface area contributed by atoms with E-state index in [1.807, 2.05) is 6.92 Å². The molecule has 0 aromatic heterocycles. The number of amides is 1. The van der Waals surface area contributed by atoms with Gasteiger partial charge in [-0.05, 0) is 25.1 Å². The first-order chi connectivity index (χ1) is 8.08. The Morgan fingerprint density at radius 3 is 2.76 bits per heavy atom. The molecule has 17 heavy (non-hydrogen) atoms. The Kier molecular flexibility index (Phi) is 4.78. The van der Waals surface area contributed by atoms with Crippen molar-refractivity contribution in [3.63, 3.8) is 0 Å². The van der Waals surface area contributed by atoms with Crippen LogP contribution in [0.4, 0.5) is 5.69 Å². The summed E-state index contributed by atoms with van der Waals surface area (Å²) in [7, 11) is 3.13. The molecule has 0 aliphatic heterocycles. The highest BCUT2D eigenvalue weighted by Crippen LogP contribution is 2.19. The van der Waals surface area contributed by atoms with Crippen molar-refractivity contribution in [2.75, 3.05) is 26.6 Å². The number of anilines is 1. The summed E-state index contributed by atoms with van der Waals surface area (Å²) in [6.07, 6.45) is 0. The van der Waals surface area contributed by atoms with E-state index in [1.54, 1.807) is 32.4 Å². The van der Waals surface area contributed by atoms with Crippen molar-refractivity contribution in [2.45, 2.75) is 13.0 Å². The molecule has 94 valence electrons. The number of hydrogen-bond acceptors (Lipinski definition) is 4. The first-order valence-electron chi connectivity index (χ1n) is 5.31. The number of ether oxygens (including phenoxy) is 2. The first kappa shape index (κ1) is 13.3. The van der Waals surface area contributed by atoms with Crippen LogP contribution in [0.1, 0.15) is 17.3 Å². The number of carbonyl (C=O) groups is 1. The molecule has 5 heteroatoms. The molecule has 5 nitrogen and oxygen atoms in total. The largest absolute Gasteiger partial charge is 0.497 e. The van der Waals surface area contributed by atoms with E-state index in [4.69, 9.17) is 15.2 Å². The van der Waals surface area contributed by atoms with Gasteiger partial charge in [0.2, 0.25) is 0 Å². The van der Waals surface area contributed by atoms with Crippen molar-refractivity contribution in [1.29, 1.82) is 0 Å². The fraction of sp³-hybridized carbons (Fsp3) is 0.417.